The average Bonchev–Trinajstić information content (AvgIpc) is 3.60. The highest BCUT2D eigenvalue weighted by atomic mass is 35.5. The van der Waals surface area contributed by atoms with Crippen LogP contribution in [0, 0.1) is 0 Å². The van der Waals surface area contributed by atoms with Crippen LogP contribution in [0.25, 0.3) is 22.2 Å². The molecule has 41 heavy (non-hydrogen) atoms. The zero-order valence-electron chi connectivity index (χ0n) is 22.3. The fraction of sp³-hybridized carbons (Fsp3) is 0.345. The maximum Gasteiger partial charge on any atom is 0.404 e. The molecule has 2 fully saturated rings. The Bertz CT molecular complexity index is 1680. The molecular weight excluding hydrogens is 564 g/mol. The standard InChI is InChI=1S/C29H31ClN6O4S/c30-25-16-31-28(32-19-7-6-8-21(15-19)35-14-13-20(17-35)33-29(37)38)34-27(25)24-18-36(26-12-5-4-11-23(24)26)41(39,40)22-9-2-1-3-10-22/h1-5,9-12,16,18-21,33H,6-8,13-15,17H2,(H,37,38)(H,31,32,34)/t19-,20+,21+/m1/s1. The van der Waals surface area contributed by atoms with E-state index in [4.69, 9.17) is 21.7 Å². The first-order valence-electron chi connectivity index (χ1n) is 13.7. The van der Waals surface area contributed by atoms with Crippen LogP contribution in [-0.4, -0.2) is 69.7 Å². The van der Waals surface area contributed by atoms with E-state index in [-0.39, 0.29) is 17.0 Å². The number of nitrogens with zero attached hydrogens (tertiary/aromatic N) is 4. The van der Waals surface area contributed by atoms with Crippen LogP contribution in [0.5, 0.6) is 0 Å². The van der Waals surface area contributed by atoms with Crippen molar-refractivity contribution >= 4 is 44.6 Å². The summed E-state index contributed by atoms with van der Waals surface area (Å²) in [5.74, 6) is 0.435. The highest BCUT2D eigenvalue weighted by Crippen LogP contribution is 2.36. The molecule has 214 valence electrons. The Morgan fingerprint density at radius 3 is 2.61 bits per heavy atom. The Kier molecular flexibility index (Phi) is 7.58. The molecule has 1 saturated heterocycles. The Morgan fingerprint density at radius 1 is 1.02 bits per heavy atom. The molecule has 2 aliphatic rings. The lowest BCUT2D eigenvalue weighted by Gasteiger charge is -2.35. The lowest BCUT2D eigenvalue weighted by Crippen LogP contribution is -2.43. The van der Waals surface area contributed by atoms with Crippen molar-refractivity contribution in [3.63, 3.8) is 0 Å². The maximum atomic E-state index is 13.6. The zero-order valence-corrected chi connectivity index (χ0v) is 23.9. The molecule has 3 N–H and O–H groups in total. The minimum absolute atomic E-state index is 0.0316. The van der Waals surface area contributed by atoms with Crippen LogP contribution >= 0.6 is 11.6 Å². The first-order valence-corrected chi connectivity index (χ1v) is 15.5. The highest BCUT2D eigenvalue weighted by molar-refractivity contribution is 7.90. The normalized spacial score (nSPS) is 21.6. The molecular formula is C29H31ClN6O4S. The molecule has 6 rings (SSSR count). The maximum absolute atomic E-state index is 13.6. The van der Waals surface area contributed by atoms with Crippen LogP contribution < -0.4 is 10.6 Å². The summed E-state index contributed by atoms with van der Waals surface area (Å²) in [6, 6.07) is 16.1. The van der Waals surface area contributed by atoms with Crippen molar-refractivity contribution in [3.8, 4) is 11.3 Å². The van der Waals surface area contributed by atoms with Gasteiger partial charge in [-0.3, -0.25) is 4.90 Å². The van der Waals surface area contributed by atoms with Crippen molar-refractivity contribution in [2.45, 2.75) is 55.1 Å². The minimum Gasteiger partial charge on any atom is -0.465 e. The highest BCUT2D eigenvalue weighted by Gasteiger charge is 2.33. The quantitative estimate of drug-likeness (QED) is 0.271. The number of benzene rings is 2. The first kappa shape index (κ1) is 27.5. The predicted octanol–water partition coefficient (Wildman–Crippen LogP) is 5.05. The van der Waals surface area contributed by atoms with E-state index in [1.807, 2.05) is 12.1 Å². The molecule has 0 spiro atoms. The fourth-order valence-corrected chi connectivity index (χ4v) is 7.67. The second-order valence-corrected chi connectivity index (χ2v) is 12.9. The molecule has 1 aliphatic heterocycles. The number of rotatable bonds is 7. The Labute approximate surface area is 243 Å². The number of fused-ring (bicyclic) bond motifs is 1. The van der Waals surface area contributed by atoms with Gasteiger partial charge in [-0.2, -0.15) is 0 Å². The Hall–Kier alpha value is -3.67. The molecule has 1 saturated carbocycles. The van der Waals surface area contributed by atoms with Crippen molar-refractivity contribution in [1.82, 2.24) is 24.2 Å². The number of anilines is 1. The van der Waals surface area contributed by atoms with Gasteiger partial charge >= 0.3 is 6.09 Å². The smallest absolute Gasteiger partial charge is 0.404 e. The second-order valence-electron chi connectivity index (χ2n) is 10.7. The second kappa shape index (κ2) is 11.3. The number of likely N-dealkylation sites (tertiary alicyclic amines) is 1. The lowest BCUT2D eigenvalue weighted by molar-refractivity contribution is 0.173. The molecule has 2 aromatic heterocycles. The van der Waals surface area contributed by atoms with E-state index in [2.05, 4.69) is 20.5 Å². The SMILES string of the molecule is O=C(O)N[C@H]1CCN([C@H]2CCC[C@@H](Nc3ncc(Cl)c(-c4cn(S(=O)(=O)c5ccccc5)c5ccccc45)n3)C2)C1. The molecule has 1 aliphatic carbocycles. The topological polar surface area (TPSA) is 129 Å². The molecule has 1 amide bonds. The summed E-state index contributed by atoms with van der Waals surface area (Å²) < 4.78 is 28.4. The van der Waals surface area contributed by atoms with Gasteiger partial charge in [-0.05, 0) is 50.3 Å². The third-order valence-electron chi connectivity index (χ3n) is 8.02. The molecule has 3 atom stereocenters. The minimum atomic E-state index is -3.85. The van der Waals surface area contributed by atoms with Gasteiger partial charge in [0.1, 0.15) is 0 Å². The summed E-state index contributed by atoms with van der Waals surface area (Å²) in [7, 11) is -3.85. The summed E-state index contributed by atoms with van der Waals surface area (Å²) in [5.41, 5.74) is 1.59. The van der Waals surface area contributed by atoms with E-state index in [1.54, 1.807) is 54.9 Å². The molecule has 10 nitrogen and oxygen atoms in total. The molecule has 2 aromatic carbocycles. The number of amides is 1. The fourth-order valence-electron chi connectivity index (χ4n) is 6.09. The zero-order chi connectivity index (χ0) is 28.6. The van der Waals surface area contributed by atoms with Crippen LogP contribution in [-0.2, 0) is 10.0 Å². The Balaban J connectivity index is 1.26. The summed E-state index contributed by atoms with van der Waals surface area (Å²) >= 11 is 6.61. The summed E-state index contributed by atoms with van der Waals surface area (Å²) in [5, 5.41) is 16.2. The molecule has 0 radical (unpaired) electrons. The number of para-hydroxylation sites is 1. The molecule has 0 bridgehead atoms. The van der Waals surface area contributed by atoms with Gasteiger partial charge in [-0.1, -0.05) is 48.0 Å². The summed E-state index contributed by atoms with van der Waals surface area (Å²) in [6.45, 7) is 1.60. The van der Waals surface area contributed by atoms with Gasteiger partial charge in [-0.25, -0.2) is 27.2 Å². The number of hydrogen-bond donors (Lipinski definition) is 3. The van der Waals surface area contributed by atoms with Gasteiger partial charge in [0, 0.05) is 48.4 Å². The van der Waals surface area contributed by atoms with Gasteiger partial charge in [0.05, 0.1) is 27.3 Å². The lowest BCUT2D eigenvalue weighted by atomic mass is 9.90. The van der Waals surface area contributed by atoms with E-state index in [0.29, 0.717) is 33.8 Å². The average molecular weight is 595 g/mol. The van der Waals surface area contributed by atoms with Crippen molar-refractivity contribution in [1.29, 1.82) is 0 Å². The third kappa shape index (κ3) is 5.61. The van der Waals surface area contributed by atoms with Gasteiger partial charge in [0.25, 0.3) is 10.0 Å². The molecule has 3 heterocycles. The number of carboxylic acid groups (broad SMARTS) is 1. The van der Waals surface area contributed by atoms with Gasteiger partial charge in [-0.15, -0.1) is 0 Å². The molecule has 0 unspecified atom stereocenters. The van der Waals surface area contributed by atoms with E-state index >= 15 is 0 Å². The van der Waals surface area contributed by atoms with Crippen LogP contribution in [0.3, 0.4) is 0 Å². The van der Waals surface area contributed by atoms with Crippen molar-refractivity contribution in [2.24, 2.45) is 0 Å². The van der Waals surface area contributed by atoms with E-state index in [9.17, 15) is 13.2 Å². The van der Waals surface area contributed by atoms with Crippen molar-refractivity contribution in [2.75, 3.05) is 18.4 Å². The van der Waals surface area contributed by atoms with Gasteiger partial charge < -0.3 is 15.7 Å². The molecule has 12 heteroatoms. The van der Waals surface area contributed by atoms with Gasteiger partial charge in [0.15, 0.2) is 0 Å². The van der Waals surface area contributed by atoms with E-state index < -0.39 is 16.1 Å². The van der Waals surface area contributed by atoms with E-state index in [0.717, 1.165) is 50.6 Å². The van der Waals surface area contributed by atoms with Crippen LogP contribution in [0.2, 0.25) is 5.02 Å². The van der Waals surface area contributed by atoms with Crippen LogP contribution in [0.15, 0.2) is 71.9 Å². The largest absolute Gasteiger partial charge is 0.465 e. The third-order valence-corrected chi connectivity index (χ3v) is 9.99. The number of aromatic nitrogens is 3. The molecule has 4 aromatic rings. The monoisotopic (exact) mass is 594 g/mol. The van der Waals surface area contributed by atoms with Crippen LogP contribution in [0.4, 0.5) is 10.7 Å². The van der Waals surface area contributed by atoms with Crippen LogP contribution in [0.1, 0.15) is 32.1 Å². The predicted molar refractivity (Wildman–Crippen MR) is 158 cm³/mol. The summed E-state index contributed by atoms with van der Waals surface area (Å²) in [6.07, 6.45) is 6.95. The van der Waals surface area contributed by atoms with Crippen molar-refractivity contribution in [3.05, 3.63) is 72.0 Å². The number of nitrogens with one attached hydrogen (secondary N) is 2. The first-order chi connectivity index (χ1) is 19.8. The Morgan fingerprint density at radius 2 is 1.80 bits per heavy atom. The number of hydrogen-bond acceptors (Lipinski definition) is 7. The van der Waals surface area contributed by atoms with E-state index in [1.165, 1.54) is 3.97 Å². The van der Waals surface area contributed by atoms with Crippen molar-refractivity contribution < 1.29 is 18.3 Å². The summed E-state index contributed by atoms with van der Waals surface area (Å²) in [4.78, 5) is 22.8. The van der Waals surface area contributed by atoms with Gasteiger partial charge in [0.2, 0.25) is 5.95 Å². The number of carbonyl (C=O) groups is 1. The number of halogens is 1.